The Balaban J connectivity index is 2.18. The van der Waals surface area contributed by atoms with Crippen LogP contribution in [0.25, 0.3) is 0 Å². The second-order valence-corrected chi connectivity index (χ2v) is 9.46. The van der Waals surface area contributed by atoms with Crippen LogP contribution in [0, 0.1) is 11.8 Å². The minimum atomic E-state index is -1.50. The molecule has 0 aromatic carbocycles. The van der Waals surface area contributed by atoms with Gasteiger partial charge in [-0.25, -0.2) is 14.4 Å². The van der Waals surface area contributed by atoms with E-state index in [9.17, 15) is 24.3 Å². The highest BCUT2D eigenvalue weighted by atomic mass is 16.7. The largest absolute Gasteiger partial charge is 0.466 e. The summed E-state index contributed by atoms with van der Waals surface area (Å²) in [4.78, 5) is 51.2. The fourth-order valence-corrected chi connectivity index (χ4v) is 4.16. The smallest absolute Gasteiger partial charge is 0.341 e. The van der Waals surface area contributed by atoms with Gasteiger partial charge in [-0.3, -0.25) is 4.79 Å². The molecule has 35 heavy (non-hydrogen) atoms. The number of methoxy groups -OCH3 is 1. The number of hydrogen-bond acceptors (Lipinski definition) is 10. The van der Waals surface area contributed by atoms with Crippen LogP contribution in [0.15, 0.2) is 36.0 Å². The first-order valence-electron chi connectivity index (χ1n) is 11.5. The number of esters is 4. The highest BCUT2D eigenvalue weighted by molar-refractivity contribution is 5.93. The van der Waals surface area contributed by atoms with Crippen molar-refractivity contribution in [2.45, 2.75) is 76.7 Å². The van der Waals surface area contributed by atoms with Crippen molar-refractivity contribution in [2.24, 2.45) is 11.8 Å². The third-order valence-electron chi connectivity index (χ3n) is 6.70. The van der Waals surface area contributed by atoms with Crippen molar-refractivity contribution in [3.8, 4) is 0 Å². The highest BCUT2D eigenvalue weighted by Gasteiger charge is 2.60. The van der Waals surface area contributed by atoms with Crippen LogP contribution in [0.2, 0.25) is 0 Å². The number of allylic oxidation sites excluding steroid dienone is 1. The average molecular weight is 493 g/mol. The van der Waals surface area contributed by atoms with E-state index in [4.69, 9.17) is 23.7 Å². The monoisotopic (exact) mass is 492 g/mol. The summed E-state index contributed by atoms with van der Waals surface area (Å²) in [6.07, 6.45) is -3.96. The fourth-order valence-electron chi connectivity index (χ4n) is 4.16. The molecule has 1 N–H and O–H groups in total. The third kappa shape index (κ3) is 5.04. The topological polar surface area (TPSA) is 138 Å². The van der Waals surface area contributed by atoms with Gasteiger partial charge in [-0.2, -0.15) is 0 Å². The van der Waals surface area contributed by atoms with E-state index in [2.05, 4.69) is 13.2 Å². The van der Waals surface area contributed by atoms with Crippen LogP contribution in [-0.2, 0) is 42.9 Å². The molecule has 2 saturated heterocycles. The van der Waals surface area contributed by atoms with Gasteiger partial charge in [0.25, 0.3) is 0 Å². The van der Waals surface area contributed by atoms with E-state index >= 15 is 0 Å². The van der Waals surface area contributed by atoms with Gasteiger partial charge >= 0.3 is 23.9 Å². The van der Waals surface area contributed by atoms with Crippen molar-refractivity contribution in [2.75, 3.05) is 7.11 Å². The van der Waals surface area contributed by atoms with Gasteiger partial charge in [-0.1, -0.05) is 33.1 Å². The molecule has 10 heteroatoms. The molecule has 0 aromatic heterocycles. The Morgan fingerprint density at radius 2 is 1.86 bits per heavy atom. The van der Waals surface area contributed by atoms with Crippen LogP contribution in [0.5, 0.6) is 0 Å². The zero-order valence-electron chi connectivity index (χ0n) is 20.6. The van der Waals surface area contributed by atoms with Crippen LogP contribution in [-0.4, -0.2) is 72.2 Å². The molecule has 0 bridgehead atoms. The Labute approximate surface area is 203 Å². The first-order chi connectivity index (χ1) is 16.3. The van der Waals surface area contributed by atoms with Gasteiger partial charge in [0.2, 0.25) is 0 Å². The molecule has 0 spiro atoms. The molecule has 0 unspecified atom stereocenters. The van der Waals surface area contributed by atoms with E-state index in [0.717, 1.165) is 7.11 Å². The average Bonchev–Trinajstić information content (AvgIpc) is 3.33. The highest BCUT2D eigenvalue weighted by Crippen LogP contribution is 2.42. The lowest BCUT2D eigenvalue weighted by atomic mass is 9.80. The predicted molar refractivity (Wildman–Crippen MR) is 121 cm³/mol. The summed E-state index contributed by atoms with van der Waals surface area (Å²) in [6, 6.07) is 0. The number of carbonyl (C=O) groups is 4. The van der Waals surface area contributed by atoms with Gasteiger partial charge in [0.15, 0.2) is 17.8 Å². The molecule has 2 heterocycles. The molecule has 192 valence electrons. The Kier molecular flexibility index (Phi) is 7.56. The van der Waals surface area contributed by atoms with Crippen LogP contribution in [0.3, 0.4) is 0 Å². The lowest BCUT2D eigenvalue weighted by Crippen LogP contribution is -2.50. The number of fused-ring (bicyclic) bond motifs is 1. The van der Waals surface area contributed by atoms with Crippen molar-refractivity contribution in [1.82, 2.24) is 0 Å². The number of aliphatic hydroxyl groups excluding tert-OH is 1. The van der Waals surface area contributed by atoms with Crippen molar-refractivity contribution >= 4 is 23.9 Å². The van der Waals surface area contributed by atoms with Gasteiger partial charge in [0, 0.05) is 5.57 Å². The number of ether oxygens (including phenoxy) is 5. The van der Waals surface area contributed by atoms with Gasteiger partial charge in [-0.15, -0.1) is 0 Å². The lowest BCUT2D eigenvalue weighted by Gasteiger charge is -2.36. The van der Waals surface area contributed by atoms with Crippen molar-refractivity contribution in [3.63, 3.8) is 0 Å². The van der Waals surface area contributed by atoms with E-state index in [1.165, 1.54) is 13.0 Å². The quantitative estimate of drug-likeness (QED) is 0.198. The minimum absolute atomic E-state index is 0.0885. The fraction of sp³-hybridized carbons (Fsp3) is 0.600. The van der Waals surface area contributed by atoms with Crippen LogP contribution in [0.1, 0.15) is 40.5 Å². The maximum atomic E-state index is 13.1. The van der Waals surface area contributed by atoms with Crippen molar-refractivity contribution in [1.29, 1.82) is 0 Å². The molecule has 2 aliphatic heterocycles. The molecule has 0 amide bonds. The maximum Gasteiger partial charge on any atom is 0.341 e. The number of carbonyl (C=O) groups excluding carboxylic acids is 4. The standard InChI is InChI=1S/C25H32O10/c1-11(2)21(27)33-20-16-13(4)22(28)32-19(16)17(26)12(3)9-8-10-15(23(29)31-7)18(20)34-24(30)25(6)14(5)35-25/h10-11,14,16-20,26H,3-4,8-9H2,1-2,5-7H3/b15-10+/t14-,16+,17+,18+,19+,20+,25+/m1/s1. The van der Waals surface area contributed by atoms with E-state index in [-0.39, 0.29) is 24.0 Å². The van der Waals surface area contributed by atoms with Gasteiger partial charge in [-0.05, 0) is 32.3 Å². The van der Waals surface area contributed by atoms with E-state index in [1.54, 1.807) is 20.8 Å². The number of hydrogen-bond donors (Lipinski definition) is 1. The zero-order valence-corrected chi connectivity index (χ0v) is 20.6. The second-order valence-electron chi connectivity index (χ2n) is 9.46. The predicted octanol–water partition coefficient (Wildman–Crippen LogP) is 1.55. The Morgan fingerprint density at radius 1 is 1.23 bits per heavy atom. The number of rotatable bonds is 5. The van der Waals surface area contributed by atoms with E-state index in [1.807, 2.05) is 0 Å². The van der Waals surface area contributed by atoms with Crippen LogP contribution >= 0.6 is 0 Å². The second kappa shape index (κ2) is 9.94. The van der Waals surface area contributed by atoms with E-state index in [0.29, 0.717) is 5.57 Å². The molecular formula is C25H32O10. The molecule has 1 aliphatic carbocycles. The molecule has 10 nitrogen and oxygen atoms in total. The summed E-state index contributed by atoms with van der Waals surface area (Å²) in [5.41, 5.74) is -1.10. The van der Waals surface area contributed by atoms with Gasteiger partial charge in [0.05, 0.1) is 30.6 Å². The summed E-state index contributed by atoms with van der Waals surface area (Å²) in [6.45, 7) is 14.1. The molecule has 0 saturated carbocycles. The Bertz CT molecular complexity index is 979. The molecule has 3 aliphatic rings. The Hall–Kier alpha value is -2.98. The number of epoxide rings is 1. The Morgan fingerprint density at radius 3 is 2.40 bits per heavy atom. The molecule has 0 radical (unpaired) electrons. The maximum absolute atomic E-state index is 13.1. The van der Waals surface area contributed by atoms with Gasteiger partial charge < -0.3 is 28.8 Å². The lowest BCUT2D eigenvalue weighted by molar-refractivity contribution is -0.178. The molecule has 7 atom stereocenters. The summed E-state index contributed by atoms with van der Waals surface area (Å²) in [5.74, 6) is -4.84. The third-order valence-corrected chi connectivity index (χ3v) is 6.70. The molecule has 3 rings (SSSR count). The van der Waals surface area contributed by atoms with Crippen LogP contribution < -0.4 is 0 Å². The summed E-state index contributed by atoms with van der Waals surface area (Å²) in [7, 11) is 1.16. The minimum Gasteiger partial charge on any atom is -0.466 e. The molecule has 2 fully saturated rings. The van der Waals surface area contributed by atoms with E-state index < -0.39 is 71.8 Å². The summed E-state index contributed by atoms with van der Waals surface area (Å²) in [5, 5.41) is 10.9. The zero-order chi connectivity index (χ0) is 26.2. The number of aliphatic hydroxyl groups is 1. The van der Waals surface area contributed by atoms with Crippen molar-refractivity contribution < 1.29 is 48.0 Å². The molecule has 0 aromatic rings. The van der Waals surface area contributed by atoms with Crippen LogP contribution in [0.4, 0.5) is 0 Å². The normalized spacial score (nSPS) is 36.4. The first-order valence-corrected chi connectivity index (χ1v) is 11.5. The molecular weight excluding hydrogens is 460 g/mol. The summed E-state index contributed by atoms with van der Waals surface area (Å²) >= 11 is 0. The SMILES string of the molecule is C=C1C(=O)O[C@H]2[C@H]1[C@H](OC(=O)C(C)C)[C@@H](OC(=O)[C@@]1(C)O[C@@H]1C)/C(C(=O)OC)=C\CCC(=C)[C@@H]2O. The van der Waals surface area contributed by atoms with Gasteiger partial charge in [0.1, 0.15) is 12.2 Å². The summed E-state index contributed by atoms with van der Waals surface area (Å²) < 4.78 is 27.2. The van der Waals surface area contributed by atoms with Crippen molar-refractivity contribution in [3.05, 3.63) is 36.0 Å². The first kappa shape index (κ1) is 26.6.